The van der Waals surface area contributed by atoms with Crippen LogP contribution in [0.3, 0.4) is 0 Å². The van der Waals surface area contributed by atoms with E-state index in [4.69, 9.17) is 21.3 Å². The van der Waals surface area contributed by atoms with Gasteiger partial charge in [0.05, 0.1) is 16.9 Å². The molecule has 3 aromatic rings. The third-order valence-electron chi connectivity index (χ3n) is 4.19. The largest absolute Gasteiger partial charge is 0.465 e. The number of allylic oxidation sites excluding steroid dienone is 2. The minimum Gasteiger partial charge on any atom is -0.465 e. The molecule has 8 nitrogen and oxygen atoms in total. The maximum absolute atomic E-state index is 12.8. The number of nitrogens with zero attached hydrogens (tertiary/aromatic N) is 3. The van der Waals surface area contributed by atoms with Crippen LogP contribution >= 0.6 is 24.0 Å². The molecule has 1 fully saturated rings. The van der Waals surface area contributed by atoms with Gasteiger partial charge in [0.15, 0.2) is 5.52 Å². The number of aromatic nitrogens is 2. The number of benzene rings is 1. The van der Waals surface area contributed by atoms with Crippen LogP contribution in [-0.2, 0) is 9.59 Å². The molecule has 0 saturated carbocycles. The van der Waals surface area contributed by atoms with Crippen LogP contribution in [-0.4, -0.2) is 37.4 Å². The van der Waals surface area contributed by atoms with Crippen LogP contribution in [0.25, 0.3) is 17.1 Å². The molecule has 4 rings (SSSR count). The van der Waals surface area contributed by atoms with Gasteiger partial charge in [-0.3, -0.25) is 14.5 Å². The minimum atomic E-state index is -0.808. The van der Waals surface area contributed by atoms with Crippen LogP contribution in [0.2, 0.25) is 0 Å². The second-order valence-electron chi connectivity index (χ2n) is 6.05. The van der Waals surface area contributed by atoms with E-state index >= 15 is 0 Å². The van der Waals surface area contributed by atoms with Crippen LogP contribution in [0.5, 0.6) is 0 Å². The van der Waals surface area contributed by atoms with Crippen molar-refractivity contribution in [1.82, 2.24) is 15.2 Å². The molecule has 2 aromatic heterocycles. The Morgan fingerprint density at radius 2 is 2.17 bits per heavy atom. The van der Waals surface area contributed by atoms with Crippen LogP contribution in [0.15, 0.2) is 62.7 Å². The summed E-state index contributed by atoms with van der Waals surface area (Å²) < 4.78 is 10.2. The number of hydrogen-bond donors (Lipinski definition) is 1. The normalized spacial score (nSPS) is 17.0. The molecule has 29 heavy (non-hydrogen) atoms. The van der Waals surface area contributed by atoms with Crippen molar-refractivity contribution in [2.24, 2.45) is 0 Å². The van der Waals surface area contributed by atoms with Gasteiger partial charge < -0.3 is 9.73 Å². The first kappa shape index (κ1) is 19.1. The first-order valence-electron chi connectivity index (χ1n) is 8.54. The molecule has 1 aliphatic heterocycles. The van der Waals surface area contributed by atoms with Gasteiger partial charge in [-0.25, -0.2) is 4.63 Å². The standard InChI is InChI=1S/C19H14N4O4S2/c1-11(17(24)20-13-7-3-8-14-16(13)22-27-21-14)23-18(25)15(29-19(23)28)9-2-5-12-6-4-10-26-12/h2-11H,1H3,(H,20,24). The molecule has 1 saturated heterocycles. The highest BCUT2D eigenvalue weighted by Gasteiger charge is 2.38. The van der Waals surface area contributed by atoms with Gasteiger partial charge in [-0.15, -0.1) is 0 Å². The number of furan rings is 1. The Kier molecular flexibility index (Phi) is 5.28. The highest BCUT2D eigenvalue weighted by Crippen LogP contribution is 2.33. The molecule has 2 amide bonds. The number of carbonyl (C=O) groups is 2. The van der Waals surface area contributed by atoms with E-state index in [1.165, 1.54) is 4.90 Å². The van der Waals surface area contributed by atoms with Crippen molar-refractivity contribution in [2.75, 3.05) is 5.32 Å². The quantitative estimate of drug-likeness (QED) is 0.488. The zero-order valence-electron chi connectivity index (χ0n) is 15.1. The van der Waals surface area contributed by atoms with Crippen molar-refractivity contribution < 1.29 is 18.6 Å². The lowest BCUT2D eigenvalue weighted by Crippen LogP contribution is -2.44. The van der Waals surface area contributed by atoms with E-state index in [1.807, 2.05) is 0 Å². The smallest absolute Gasteiger partial charge is 0.266 e. The van der Waals surface area contributed by atoms with E-state index < -0.39 is 11.9 Å². The zero-order chi connectivity index (χ0) is 20.4. The summed E-state index contributed by atoms with van der Waals surface area (Å²) in [6.07, 6.45) is 6.65. The molecule has 0 aliphatic carbocycles. The Morgan fingerprint density at radius 1 is 1.31 bits per heavy atom. The third-order valence-corrected chi connectivity index (χ3v) is 5.53. The van der Waals surface area contributed by atoms with Gasteiger partial charge >= 0.3 is 0 Å². The van der Waals surface area contributed by atoms with Crippen LogP contribution in [0.1, 0.15) is 12.7 Å². The Morgan fingerprint density at radius 3 is 2.97 bits per heavy atom. The van der Waals surface area contributed by atoms with Crippen LogP contribution < -0.4 is 5.32 Å². The molecular weight excluding hydrogens is 412 g/mol. The number of thiocarbonyl (C=S) groups is 1. The molecule has 1 aliphatic rings. The zero-order valence-corrected chi connectivity index (χ0v) is 16.7. The number of thioether (sulfide) groups is 1. The number of hydrogen-bond acceptors (Lipinski definition) is 8. The Hall–Kier alpha value is -3.24. The summed E-state index contributed by atoms with van der Waals surface area (Å²) in [7, 11) is 0. The maximum atomic E-state index is 12.8. The molecular formula is C19H14N4O4S2. The number of carbonyl (C=O) groups excluding carboxylic acids is 2. The molecule has 1 unspecified atom stereocenters. The fraction of sp³-hybridized carbons (Fsp3) is 0.105. The number of rotatable bonds is 5. The van der Waals surface area contributed by atoms with Gasteiger partial charge in [-0.2, -0.15) is 0 Å². The van der Waals surface area contributed by atoms with Crippen molar-refractivity contribution >= 4 is 62.9 Å². The maximum Gasteiger partial charge on any atom is 0.266 e. The van der Waals surface area contributed by atoms with Gasteiger partial charge in [-0.1, -0.05) is 36.1 Å². The van der Waals surface area contributed by atoms with Crippen molar-refractivity contribution in [3.8, 4) is 0 Å². The molecule has 146 valence electrons. The lowest BCUT2D eigenvalue weighted by atomic mass is 10.2. The molecule has 0 bridgehead atoms. The minimum absolute atomic E-state index is 0.316. The van der Waals surface area contributed by atoms with Crippen molar-refractivity contribution in [2.45, 2.75) is 13.0 Å². The Labute approximate surface area is 174 Å². The molecule has 0 spiro atoms. The molecule has 1 atom stereocenters. The van der Waals surface area contributed by atoms with E-state index in [2.05, 4.69) is 15.6 Å². The Balaban J connectivity index is 1.48. The lowest BCUT2D eigenvalue weighted by Gasteiger charge is -2.22. The van der Waals surface area contributed by atoms with E-state index in [-0.39, 0.29) is 5.91 Å². The first-order valence-corrected chi connectivity index (χ1v) is 9.76. The summed E-state index contributed by atoms with van der Waals surface area (Å²) in [5, 5.41) is 10.3. The average molecular weight is 426 g/mol. The van der Waals surface area contributed by atoms with Gasteiger partial charge in [0.25, 0.3) is 5.91 Å². The summed E-state index contributed by atoms with van der Waals surface area (Å²) in [5.74, 6) is -0.0572. The van der Waals surface area contributed by atoms with Crippen LogP contribution in [0.4, 0.5) is 5.69 Å². The SMILES string of the molecule is CC(C(=O)Nc1cccc2nonc12)N1C(=O)C(=CC=Cc2ccco2)SC1=S. The first-order chi connectivity index (χ1) is 14.0. The van der Waals surface area contributed by atoms with Gasteiger partial charge in [0.1, 0.15) is 21.6 Å². The topological polar surface area (TPSA) is 101 Å². The van der Waals surface area contributed by atoms with Crippen molar-refractivity contribution in [3.63, 3.8) is 0 Å². The monoisotopic (exact) mass is 426 g/mol. The van der Waals surface area contributed by atoms with E-state index in [1.54, 1.807) is 61.7 Å². The number of anilines is 1. The number of fused-ring (bicyclic) bond motifs is 1. The van der Waals surface area contributed by atoms with Gasteiger partial charge in [0.2, 0.25) is 5.91 Å². The van der Waals surface area contributed by atoms with Gasteiger partial charge in [0, 0.05) is 0 Å². The molecule has 1 aromatic carbocycles. The summed E-state index contributed by atoms with van der Waals surface area (Å²) >= 11 is 6.46. The van der Waals surface area contributed by atoms with Crippen LogP contribution in [0, 0.1) is 0 Å². The van der Waals surface area contributed by atoms with Crippen molar-refractivity contribution in [3.05, 3.63) is 59.4 Å². The fourth-order valence-electron chi connectivity index (χ4n) is 2.71. The fourth-order valence-corrected chi connectivity index (χ4v) is 4.08. The predicted molar refractivity (Wildman–Crippen MR) is 113 cm³/mol. The summed E-state index contributed by atoms with van der Waals surface area (Å²) in [6.45, 7) is 1.61. The molecule has 10 heteroatoms. The van der Waals surface area contributed by atoms with E-state index in [9.17, 15) is 9.59 Å². The molecule has 1 N–H and O–H groups in total. The lowest BCUT2D eigenvalue weighted by molar-refractivity contribution is -0.129. The predicted octanol–water partition coefficient (Wildman–Crippen LogP) is 3.60. The molecule has 0 radical (unpaired) electrons. The van der Waals surface area contributed by atoms with Crippen molar-refractivity contribution in [1.29, 1.82) is 0 Å². The number of amides is 2. The second-order valence-corrected chi connectivity index (χ2v) is 7.73. The Bertz CT molecular complexity index is 1150. The molecule has 3 heterocycles. The summed E-state index contributed by atoms with van der Waals surface area (Å²) in [5.41, 5.74) is 1.40. The van der Waals surface area contributed by atoms with Gasteiger partial charge in [-0.05, 0) is 53.7 Å². The average Bonchev–Trinajstić information content (AvgIpc) is 3.43. The van der Waals surface area contributed by atoms with E-state index in [0.717, 1.165) is 11.8 Å². The highest BCUT2D eigenvalue weighted by atomic mass is 32.2. The van der Waals surface area contributed by atoms with E-state index in [0.29, 0.717) is 31.7 Å². The third kappa shape index (κ3) is 3.84. The summed E-state index contributed by atoms with van der Waals surface area (Å²) in [4.78, 5) is 27.2. The highest BCUT2D eigenvalue weighted by molar-refractivity contribution is 8.26. The number of nitrogens with one attached hydrogen (secondary N) is 1. The summed E-state index contributed by atoms with van der Waals surface area (Å²) in [6, 6.07) is 7.88. The second kappa shape index (κ2) is 8.02.